The first kappa shape index (κ1) is 16.4. The van der Waals surface area contributed by atoms with Crippen LogP contribution in [-0.2, 0) is 22.5 Å². The Labute approximate surface area is 133 Å². The van der Waals surface area contributed by atoms with Crippen molar-refractivity contribution in [3.8, 4) is 0 Å². The molecule has 0 spiro atoms. The summed E-state index contributed by atoms with van der Waals surface area (Å²) in [6, 6.07) is 0. The molecule has 0 aromatic carbocycles. The van der Waals surface area contributed by atoms with E-state index in [1.165, 1.54) is 11.3 Å². The van der Waals surface area contributed by atoms with Crippen molar-refractivity contribution in [1.29, 1.82) is 0 Å². The van der Waals surface area contributed by atoms with Gasteiger partial charge in [-0.3, -0.25) is 15.0 Å². The first-order valence-electron chi connectivity index (χ1n) is 7.14. The summed E-state index contributed by atoms with van der Waals surface area (Å²) < 4.78 is 4.83. The molecule has 120 valence electrons. The highest BCUT2D eigenvalue weighted by Crippen LogP contribution is 2.28. The Morgan fingerprint density at radius 3 is 3.09 bits per heavy atom. The summed E-state index contributed by atoms with van der Waals surface area (Å²) in [5, 5.41) is 5.93. The first-order chi connectivity index (χ1) is 10.6. The van der Waals surface area contributed by atoms with Gasteiger partial charge in [-0.25, -0.2) is 9.78 Å². The number of thiazole rings is 1. The number of fused-ring (bicyclic) bond motifs is 1. The standard InChI is InChI=1S/C14H20N4O3S/c1-3-6-15-12(19)9-18-7-5-10-11(8-18)22-13(16-10)17-14(20)21-4-2/h3H,1,4-9H2,2H3,(H,15,19)(H,16,17,20). The molecular formula is C14H20N4O3S. The van der Waals surface area contributed by atoms with Crippen LogP contribution in [-0.4, -0.2) is 48.1 Å². The molecule has 1 aliphatic heterocycles. The van der Waals surface area contributed by atoms with Crippen LogP contribution in [0.2, 0.25) is 0 Å². The molecule has 0 fully saturated rings. The van der Waals surface area contributed by atoms with Gasteiger partial charge in [0.05, 0.1) is 18.8 Å². The maximum Gasteiger partial charge on any atom is 0.413 e. The van der Waals surface area contributed by atoms with Crippen molar-refractivity contribution in [2.75, 3.05) is 31.6 Å². The summed E-state index contributed by atoms with van der Waals surface area (Å²) >= 11 is 1.43. The van der Waals surface area contributed by atoms with Crippen LogP contribution in [0.5, 0.6) is 0 Å². The number of carbonyl (C=O) groups is 2. The van der Waals surface area contributed by atoms with Gasteiger partial charge in [0.1, 0.15) is 0 Å². The Hall–Kier alpha value is -1.93. The van der Waals surface area contributed by atoms with Crippen molar-refractivity contribution in [2.45, 2.75) is 19.9 Å². The third-order valence-corrected chi connectivity index (χ3v) is 4.10. The predicted octanol–water partition coefficient (Wildman–Crippen LogP) is 1.37. The molecule has 1 aromatic rings. The van der Waals surface area contributed by atoms with Crippen molar-refractivity contribution >= 4 is 28.5 Å². The third-order valence-electron chi connectivity index (χ3n) is 3.11. The van der Waals surface area contributed by atoms with Crippen LogP contribution in [0.1, 0.15) is 17.5 Å². The SMILES string of the molecule is C=CCNC(=O)CN1CCc2nc(NC(=O)OCC)sc2C1. The van der Waals surface area contributed by atoms with E-state index in [2.05, 4.69) is 27.1 Å². The Morgan fingerprint density at radius 2 is 2.36 bits per heavy atom. The van der Waals surface area contributed by atoms with Crippen molar-refractivity contribution in [1.82, 2.24) is 15.2 Å². The van der Waals surface area contributed by atoms with Gasteiger partial charge in [-0.1, -0.05) is 17.4 Å². The van der Waals surface area contributed by atoms with E-state index in [4.69, 9.17) is 4.74 Å². The van der Waals surface area contributed by atoms with Crippen molar-refractivity contribution < 1.29 is 14.3 Å². The summed E-state index contributed by atoms with van der Waals surface area (Å²) in [5.74, 6) is -0.0160. The summed E-state index contributed by atoms with van der Waals surface area (Å²) in [7, 11) is 0. The van der Waals surface area contributed by atoms with E-state index in [1.807, 2.05) is 0 Å². The van der Waals surface area contributed by atoms with Crippen LogP contribution >= 0.6 is 11.3 Å². The Morgan fingerprint density at radius 1 is 1.55 bits per heavy atom. The highest BCUT2D eigenvalue weighted by Gasteiger charge is 2.22. The average Bonchev–Trinajstić information content (AvgIpc) is 2.86. The highest BCUT2D eigenvalue weighted by molar-refractivity contribution is 7.15. The zero-order valence-corrected chi connectivity index (χ0v) is 13.4. The summed E-state index contributed by atoms with van der Waals surface area (Å²) in [6.07, 6.45) is 1.93. The Balaban J connectivity index is 1.90. The number of hydrogen-bond acceptors (Lipinski definition) is 6. The van der Waals surface area contributed by atoms with Gasteiger partial charge in [-0.2, -0.15) is 0 Å². The molecule has 0 aliphatic carbocycles. The largest absolute Gasteiger partial charge is 0.450 e. The number of aromatic nitrogens is 1. The topological polar surface area (TPSA) is 83.6 Å². The van der Waals surface area contributed by atoms with Crippen LogP contribution in [0.3, 0.4) is 0 Å². The number of nitrogens with zero attached hydrogens (tertiary/aromatic N) is 2. The average molecular weight is 324 g/mol. The number of amides is 2. The fraction of sp³-hybridized carbons (Fsp3) is 0.500. The number of nitrogens with one attached hydrogen (secondary N) is 2. The van der Waals surface area contributed by atoms with Crippen molar-refractivity contribution in [3.63, 3.8) is 0 Å². The Kier molecular flexibility index (Phi) is 5.91. The molecule has 22 heavy (non-hydrogen) atoms. The van der Waals surface area contributed by atoms with E-state index >= 15 is 0 Å². The quantitative estimate of drug-likeness (QED) is 0.772. The molecule has 2 rings (SSSR count). The molecule has 0 saturated heterocycles. The fourth-order valence-corrected chi connectivity index (χ4v) is 3.17. The predicted molar refractivity (Wildman–Crippen MR) is 84.9 cm³/mol. The number of carbonyl (C=O) groups excluding carboxylic acids is 2. The maximum atomic E-state index is 11.7. The van der Waals surface area contributed by atoms with E-state index < -0.39 is 6.09 Å². The monoisotopic (exact) mass is 324 g/mol. The number of rotatable bonds is 6. The second-order valence-corrected chi connectivity index (χ2v) is 5.87. The van der Waals surface area contributed by atoms with E-state index in [0.717, 1.165) is 23.5 Å². The molecule has 0 saturated carbocycles. The van der Waals surface area contributed by atoms with Gasteiger partial charge in [-0.05, 0) is 6.92 Å². The van der Waals surface area contributed by atoms with E-state index in [0.29, 0.717) is 31.4 Å². The minimum absolute atomic E-state index is 0.0160. The summed E-state index contributed by atoms with van der Waals surface area (Å²) in [5.41, 5.74) is 0.986. The van der Waals surface area contributed by atoms with Crippen LogP contribution in [0, 0.1) is 0 Å². The summed E-state index contributed by atoms with van der Waals surface area (Å²) in [6.45, 7) is 7.92. The molecule has 0 bridgehead atoms. The van der Waals surface area contributed by atoms with E-state index in [9.17, 15) is 9.59 Å². The minimum atomic E-state index is -0.491. The van der Waals surface area contributed by atoms with E-state index in [-0.39, 0.29) is 5.91 Å². The second kappa shape index (κ2) is 7.90. The first-order valence-corrected chi connectivity index (χ1v) is 7.96. The molecule has 7 nitrogen and oxygen atoms in total. The molecular weight excluding hydrogens is 304 g/mol. The minimum Gasteiger partial charge on any atom is -0.450 e. The van der Waals surface area contributed by atoms with Gasteiger partial charge >= 0.3 is 6.09 Å². The fourth-order valence-electron chi connectivity index (χ4n) is 2.14. The van der Waals surface area contributed by atoms with Crippen LogP contribution in [0.15, 0.2) is 12.7 Å². The smallest absolute Gasteiger partial charge is 0.413 e. The number of anilines is 1. The lowest BCUT2D eigenvalue weighted by atomic mass is 10.2. The van der Waals surface area contributed by atoms with Gasteiger partial charge in [-0.15, -0.1) is 6.58 Å². The zero-order valence-electron chi connectivity index (χ0n) is 12.6. The van der Waals surface area contributed by atoms with Gasteiger partial charge in [0.15, 0.2) is 5.13 Å². The molecule has 8 heteroatoms. The molecule has 1 aliphatic rings. The second-order valence-electron chi connectivity index (χ2n) is 4.79. The van der Waals surface area contributed by atoms with Crippen molar-refractivity contribution in [3.05, 3.63) is 23.2 Å². The molecule has 2 heterocycles. The van der Waals surface area contributed by atoms with Crippen LogP contribution in [0.4, 0.5) is 9.93 Å². The number of ether oxygens (including phenoxy) is 1. The molecule has 0 unspecified atom stereocenters. The third kappa shape index (κ3) is 4.54. The van der Waals surface area contributed by atoms with Crippen LogP contribution < -0.4 is 10.6 Å². The van der Waals surface area contributed by atoms with Gasteiger partial charge < -0.3 is 10.1 Å². The lowest BCUT2D eigenvalue weighted by Gasteiger charge is -2.24. The van der Waals surface area contributed by atoms with Gasteiger partial charge in [0.2, 0.25) is 5.91 Å². The number of hydrogen-bond donors (Lipinski definition) is 2. The van der Waals surface area contributed by atoms with Gasteiger partial charge in [0, 0.05) is 30.9 Å². The van der Waals surface area contributed by atoms with E-state index in [1.54, 1.807) is 13.0 Å². The highest BCUT2D eigenvalue weighted by atomic mass is 32.1. The zero-order chi connectivity index (χ0) is 15.9. The maximum absolute atomic E-state index is 11.7. The lowest BCUT2D eigenvalue weighted by molar-refractivity contribution is -0.122. The molecule has 2 N–H and O–H groups in total. The Bertz CT molecular complexity index is 558. The van der Waals surface area contributed by atoms with Gasteiger partial charge in [0.25, 0.3) is 0 Å². The molecule has 1 aromatic heterocycles. The molecule has 2 amide bonds. The lowest BCUT2D eigenvalue weighted by Crippen LogP contribution is -2.39. The summed E-state index contributed by atoms with van der Waals surface area (Å²) in [4.78, 5) is 30.7. The molecule has 0 radical (unpaired) electrons. The normalized spacial score (nSPS) is 14.0. The van der Waals surface area contributed by atoms with Crippen molar-refractivity contribution in [2.24, 2.45) is 0 Å². The molecule has 0 atom stereocenters. The van der Waals surface area contributed by atoms with Crippen LogP contribution in [0.25, 0.3) is 0 Å².